The van der Waals surface area contributed by atoms with Crippen LogP contribution in [0.5, 0.6) is 11.5 Å². The summed E-state index contributed by atoms with van der Waals surface area (Å²) in [6, 6.07) is 19.4. The Bertz CT molecular complexity index is 1280. The second kappa shape index (κ2) is 13.6. The molecule has 8 nitrogen and oxygen atoms in total. The van der Waals surface area contributed by atoms with Gasteiger partial charge in [0.25, 0.3) is 15.9 Å². The van der Waals surface area contributed by atoms with Gasteiger partial charge in [-0.05, 0) is 91.4 Å². The molecule has 0 radical (unpaired) electrons. The van der Waals surface area contributed by atoms with Crippen molar-refractivity contribution in [1.82, 2.24) is 5.32 Å². The minimum absolute atomic E-state index is 0.0801. The van der Waals surface area contributed by atoms with E-state index in [0.717, 1.165) is 12.8 Å². The van der Waals surface area contributed by atoms with Crippen LogP contribution in [0.4, 0.5) is 11.4 Å². The minimum atomic E-state index is -3.78. The van der Waals surface area contributed by atoms with Gasteiger partial charge in [0, 0.05) is 16.9 Å². The van der Waals surface area contributed by atoms with E-state index in [1.165, 1.54) is 32.1 Å². The molecular formula is C27H31N3O5S2. The number of rotatable bonds is 12. The number of ether oxygens (including phenoxy) is 2. The number of amides is 1. The zero-order valence-electron chi connectivity index (χ0n) is 20.8. The first-order valence-electron chi connectivity index (χ1n) is 11.9. The first kappa shape index (κ1) is 27.9. The van der Waals surface area contributed by atoms with Crippen LogP contribution in [0.25, 0.3) is 0 Å². The fourth-order valence-corrected chi connectivity index (χ4v) is 4.62. The van der Waals surface area contributed by atoms with Crippen LogP contribution in [0.1, 0.15) is 43.0 Å². The van der Waals surface area contributed by atoms with E-state index < -0.39 is 10.0 Å². The summed E-state index contributed by atoms with van der Waals surface area (Å²) in [5.41, 5.74) is 1.38. The molecule has 0 aromatic heterocycles. The van der Waals surface area contributed by atoms with Gasteiger partial charge in [0.15, 0.2) is 5.11 Å². The molecule has 0 heterocycles. The second-order valence-corrected chi connectivity index (χ2v) is 10.3. The lowest BCUT2D eigenvalue weighted by Gasteiger charge is -2.12. The number of benzene rings is 3. The molecule has 0 unspecified atom stereocenters. The van der Waals surface area contributed by atoms with Gasteiger partial charge in [0.05, 0.1) is 18.6 Å². The Balaban J connectivity index is 1.50. The van der Waals surface area contributed by atoms with Crippen molar-refractivity contribution in [3.8, 4) is 11.5 Å². The summed E-state index contributed by atoms with van der Waals surface area (Å²) >= 11 is 5.24. The molecule has 0 saturated heterocycles. The fourth-order valence-electron chi connectivity index (χ4n) is 3.35. The van der Waals surface area contributed by atoms with Gasteiger partial charge in [-0.1, -0.05) is 26.2 Å². The van der Waals surface area contributed by atoms with Gasteiger partial charge in [-0.15, -0.1) is 0 Å². The van der Waals surface area contributed by atoms with Crippen molar-refractivity contribution in [2.24, 2.45) is 0 Å². The van der Waals surface area contributed by atoms with E-state index in [0.29, 0.717) is 35.0 Å². The number of hydrogen-bond donors (Lipinski definition) is 3. The van der Waals surface area contributed by atoms with Crippen LogP contribution >= 0.6 is 12.2 Å². The molecule has 0 saturated carbocycles. The molecular weight excluding hydrogens is 510 g/mol. The minimum Gasteiger partial charge on any atom is -0.497 e. The highest BCUT2D eigenvalue weighted by molar-refractivity contribution is 7.92. The number of carbonyl (C=O) groups excluding carboxylic acids is 1. The van der Waals surface area contributed by atoms with Gasteiger partial charge >= 0.3 is 0 Å². The van der Waals surface area contributed by atoms with E-state index in [2.05, 4.69) is 22.3 Å². The summed E-state index contributed by atoms with van der Waals surface area (Å²) in [6.45, 7) is 2.81. The average molecular weight is 542 g/mol. The Morgan fingerprint density at radius 2 is 1.46 bits per heavy atom. The fraction of sp³-hybridized carbons (Fsp3) is 0.259. The molecule has 0 aliphatic carbocycles. The van der Waals surface area contributed by atoms with E-state index in [-0.39, 0.29) is 15.9 Å². The molecule has 3 aromatic rings. The molecule has 1 amide bonds. The maximum atomic E-state index is 12.7. The van der Waals surface area contributed by atoms with Crippen LogP contribution in [0.15, 0.2) is 77.7 Å². The third-order valence-electron chi connectivity index (χ3n) is 5.37. The Kier molecular flexibility index (Phi) is 10.3. The number of methoxy groups -OCH3 is 1. The molecule has 3 rings (SSSR count). The van der Waals surface area contributed by atoms with Crippen LogP contribution in [-0.4, -0.2) is 33.2 Å². The Morgan fingerprint density at radius 1 is 0.838 bits per heavy atom. The van der Waals surface area contributed by atoms with Crippen LogP contribution in [-0.2, 0) is 10.0 Å². The molecule has 10 heteroatoms. The number of anilines is 2. The molecule has 0 atom stereocenters. The normalized spacial score (nSPS) is 10.9. The molecule has 37 heavy (non-hydrogen) atoms. The van der Waals surface area contributed by atoms with Crippen molar-refractivity contribution < 1.29 is 22.7 Å². The molecule has 0 aliphatic rings. The third kappa shape index (κ3) is 8.76. The predicted molar refractivity (Wildman–Crippen MR) is 150 cm³/mol. The molecule has 0 fully saturated rings. The van der Waals surface area contributed by atoms with Crippen LogP contribution in [0.2, 0.25) is 0 Å². The highest BCUT2D eigenvalue weighted by atomic mass is 32.2. The SMILES string of the molecule is CCCCCCOc1ccc(C(=O)NC(=S)Nc2ccc(S(=O)(=O)Nc3ccc(OC)cc3)cc2)cc1. The van der Waals surface area contributed by atoms with E-state index >= 15 is 0 Å². The second-order valence-electron chi connectivity index (χ2n) is 8.20. The largest absolute Gasteiger partial charge is 0.497 e. The third-order valence-corrected chi connectivity index (χ3v) is 6.98. The number of carbonyl (C=O) groups is 1. The Morgan fingerprint density at radius 3 is 2.08 bits per heavy atom. The van der Waals surface area contributed by atoms with Gasteiger partial charge in [-0.3, -0.25) is 14.8 Å². The average Bonchev–Trinajstić information content (AvgIpc) is 2.89. The quantitative estimate of drug-likeness (QED) is 0.203. The molecule has 196 valence electrons. The summed E-state index contributed by atoms with van der Waals surface area (Å²) in [5, 5.41) is 5.59. The number of nitrogens with one attached hydrogen (secondary N) is 3. The molecule has 3 aromatic carbocycles. The first-order chi connectivity index (χ1) is 17.8. The number of unbranched alkanes of at least 4 members (excludes halogenated alkanes) is 3. The van der Waals surface area contributed by atoms with Crippen LogP contribution < -0.4 is 24.8 Å². The van der Waals surface area contributed by atoms with Crippen molar-refractivity contribution in [2.75, 3.05) is 23.8 Å². The van der Waals surface area contributed by atoms with E-state index in [9.17, 15) is 13.2 Å². The van der Waals surface area contributed by atoms with E-state index in [1.807, 2.05) is 0 Å². The van der Waals surface area contributed by atoms with Crippen molar-refractivity contribution in [3.63, 3.8) is 0 Å². The van der Waals surface area contributed by atoms with Gasteiger partial charge in [-0.2, -0.15) is 0 Å². The molecule has 0 spiro atoms. The predicted octanol–water partition coefficient (Wildman–Crippen LogP) is 5.58. The highest BCUT2D eigenvalue weighted by Crippen LogP contribution is 2.21. The van der Waals surface area contributed by atoms with E-state index in [4.69, 9.17) is 21.7 Å². The number of thiocarbonyl (C=S) groups is 1. The zero-order valence-corrected chi connectivity index (χ0v) is 22.5. The van der Waals surface area contributed by atoms with Crippen molar-refractivity contribution >= 4 is 44.6 Å². The maximum absolute atomic E-state index is 12.7. The summed E-state index contributed by atoms with van der Waals surface area (Å²) < 4.78 is 38.6. The lowest BCUT2D eigenvalue weighted by Crippen LogP contribution is -2.34. The van der Waals surface area contributed by atoms with E-state index in [1.54, 1.807) is 60.7 Å². The number of sulfonamides is 1. The Hall–Kier alpha value is -3.63. The molecule has 0 aliphatic heterocycles. The summed E-state index contributed by atoms with van der Waals surface area (Å²) in [7, 11) is -2.24. The summed E-state index contributed by atoms with van der Waals surface area (Å²) in [4.78, 5) is 12.6. The summed E-state index contributed by atoms with van der Waals surface area (Å²) in [6.07, 6.45) is 4.51. The number of hydrogen-bond acceptors (Lipinski definition) is 6. The standard InChI is InChI=1S/C27H31N3O5S2/c1-3-4-5-6-19-35-24-13-7-20(8-14-24)26(31)29-27(36)28-21-11-17-25(18-12-21)37(32,33)30-22-9-15-23(34-2)16-10-22/h7-18,30H,3-6,19H2,1-2H3,(H2,28,29,31,36). The van der Waals surface area contributed by atoms with Crippen LogP contribution in [0, 0.1) is 0 Å². The summed E-state index contributed by atoms with van der Waals surface area (Å²) in [5.74, 6) is 0.973. The maximum Gasteiger partial charge on any atom is 0.261 e. The van der Waals surface area contributed by atoms with Gasteiger partial charge < -0.3 is 14.8 Å². The lowest BCUT2D eigenvalue weighted by molar-refractivity contribution is 0.0977. The zero-order chi connectivity index (χ0) is 26.7. The highest BCUT2D eigenvalue weighted by Gasteiger charge is 2.15. The smallest absolute Gasteiger partial charge is 0.261 e. The monoisotopic (exact) mass is 541 g/mol. The van der Waals surface area contributed by atoms with Crippen LogP contribution in [0.3, 0.4) is 0 Å². The topological polar surface area (TPSA) is 106 Å². The molecule has 3 N–H and O–H groups in total. The van der Waals surface area contributed by atoms with Crippen molar-refractivity contribution in [1.29, 1.82) is 0 Å². The van der Waals surface area contributed by atoms with Crippen molar-refractivity contribution in [2.45, 2.75) is 37.5 Å². The van der Waals surface area contributed by atoms with Gasteiger partial charge in [0.2, 0.25) is 0 Å². The first-order valence-corrected chi connectivity index (χ1v) is 13.8. The molecule has 0 bridgehead atoms. The van der Waals surface area contributed by atoms with Gasteiger partial charge in [-0.25, -0.2) is 8.42 Å². The Labute approximate surface area is 223 Å². The van der Waals surface area contributed by atoms with Gasteiger partial charge in [0.1, 0.15) is 11.5 Å². The lowest BCUT2D eigenvalue weighted by atomic mass is 10.2. The van der Waals surface area contributed by atoms with Crippen molar-refractivity contribution in [3.05, 3.63) is 78.4 Å².